The molecule has 0 aromatic carbocycles. The zero-order valence-electron chi connectivity index (χ0n) is 7.53. The van der Waals surface area contributed by atoms with Crippen LogP contribution in [0.15, 0.2) is 12.4 Å². The van der Waals surface area contributed by atoms with Crippen LogP contribution in [-0.4, -0.2) is 21.2 Å². The molecular formula is C8H13N3OS. The van der Waals surface area contributed by atoms with Crippen molar-refractivity contribution in [1.29, 1.82) is 0 Å². The first-order valence-corrected chi connectivity index (χ1v) is 4.71. The number of nitrogens with zero attached hydrogens (tertiary/aromatic N) is 2. The van der Waals surface area contributed by atoms with Crippen molar-refractivity contribution in [3.05, 3.63) is 18.2 Å². The van der Waals surface area contributed by atoms with Gasteiger partial charge in [0.1, 0.15) is 5.82 Å². The third-order valence-electron chi connectivity index (χ3n) is 1.70. The Bertz CT molecular complexity index is 285. The number of nitrogens with one attached hydrogen (secondary N) is 1. The lowest BCUT2D eigenvalue weighted by Crippen LogP contribution is -2.24. The topological polar surface area (TPSA) is 46.9 Å². The maximum Gasteiger partial charge on any atom is 0.221 e. The van der Waals surface area contributed by atoms with E-state index in [0.717, 1.165) is 5.82 Å². The number of imidazole rings is 1. The summed E-state index contributed by atoms with van der Waals surface area (Å²) in [5.74, 6) is 1.44. The summed E-state index contributed by atoms with van der Waals surface area (Å²) in [6, 6.07) is 0. The van der Waals surface area contributed by atoms with Gasteiger partial charge in [-0.1, -0.05) is 0 Å². The van der Waals surface area contributed by atoms with Gasteiger partial charge < -0.3 is 9.88 Å². The maximum absolute atomic E-state index is 11.1. The molecule has 0 unspecified atom stereocenters. The summed E-state index contributed by atoms with van der Waals surface area (Å²) in [5, 5.41) is 2.76. The Labute approximate surface area is 82.8 Å². The highest BCUT2D eigenvalue weighted by molar-refractivity contribution is 7.80. The second-order valence-corrected chi connectivity index (χ2v) is 3.15. The van der Waals surface area contributed by atoms with Crippen molar-refractivity contribution in [2.24, 2.45) is 7.05 Å². The second-order valence-electron chi connectivity index (χ2n) is 2.70. The molecule has 13 heavy (non-hydrogen) atoms. The van der Waals surface area contributed by atoms with Crippen LogP contribution in [0.4, 0.5) is 0 Å². The largest absolute Gasteiger partial charge is 0.349 e. The molecule has 0 spiro atoms. The molecule has 0 aliphatic carbocycles. The van der Waals surface area contributed by atoms with Gasteiger partial charge in [0.25, 0.3) is 0 Å². The Kier molecular flexibility index (Phi) is 3.82. The van der Waals surface area contributed by atoms with Crippen LogP contribution in [0.1, 0.15) is 12.2 Å². The molecule has 0 aliphatic rings. The summed E-state index contributed by atoms with van der Waals surface area (Å²) in [7, 11) is 1.90. The molecule has 1 rings (SSSR count). The van der Waals surface area contributed by atoms with Crippen molar-refractivity contribution in [2.75, 3.05) is 5.75 Å². The number of rotatable bonds is 4. The van der Waals surface area contributed by atoms with Crippen molar-refractivity contribution in [2.45, 2.75) is 13.0 Å². The number of hydrogen-bond acceptors (Lipinski definition) is 3. The summed E-state index contributed by atoms with van der Waals surface area (Å²) in [5.41, 5.74) is 0. The highest BCUT2D eigenvalue weighted by Gasteiger charge is 2.01. The molecule has 0 saturated heterocycles. The normalized spacial score (nSPS) is 10.0. The first kappa shape index (κ1) is 10.1. The minimum Gasteiger partial charge on any atom is -0.349 e. The van der Waals surface area contributed by atoms with E-state index in [1.165, 1.54) is 0 Å². The predicted molar refractivity (Wildman–Crippen MR) is 53.5 cm³/mol. The summed E-state index contributed by atoms with van der Waals surface area (Å²) in [6.07, 6.45) is 4.01. The predicted octanol–water partition coefficient (Wildman–Crippen LogP) is 0.356. The molecule has 1 aromatic heterocycles. The minimum absolute atomic E-state index is 0.0120. The van der Waals surface area contributed by atoms with Gasteiger partial charge in [0.2, 0.25) is 5.91 Å². The lowest BCUT2D eigenvalue weighted by atomic mass is 10.4. The van der Waals surface area contributed by atoms with E-state index in [-0.39, 0.29) is 5.91 Å². The summed E-state index contributed by atoms with van der Waals surface area (Å²) in [4.78, 5) is 15.1. The van der Waals surface area contributed by atoms with Crippen molar-refractivity contribution in [3.63, 3.8) is 0 Å². The third-order valence-corrected chi connectivity index (χ3v) is 1.93. The van der Waals surface area contributed by atoms with Gasteiger partial charge in [-0.05, 0) is 5.75 Å². The molecule has 1 heterocycles. The van der Waals surface area contributed by atoms with E-state index >= 15 is 0 Å². The highest BCUT2D eigenvalue weighted by atomic mass is 32.1. The zero-order chi connectivity index (χ0) is 9.68. The molecule has 5 heteroatoms. The lowest BCUT2D eigenvalue weighted by molar-refractivity contribution is -0.120. The van der Waals surface area contributed by atoms with E-state index < -0.39 is 0 Å². The van der Waals surface area contributed by atoms with Crippen molar-refractivity contribution in [1.82, 2.24) is 14.9 Å². The molecule has 0 aliphatic heterocycles. The van der Waals surface area contributed by atoms with E-state index in [4.69, 9.17) is 0 Å². The second kappa shape index (κ2) is 4.91. The van der Waals surface area contributed by atoms with Gasteiger partial charge in [-0.25, -0.2) is 4.98 Å². The van der Waals surface area contributed by atoms with Crippen molar-refractivity contribution in [3.8, 4) is 0 Å². The standard InChI is InChI=1S/C8H13N3OS/c1-11-4-3-9-7(11)6-10-8(12)2-5-13/h3-4,13H,2,5-6H2,1H3,(H,10,12). The van der Waals surface area contributed by atoms with E-state index in [1.807, 2.05) is 17.8 Å². The van der Waals surface area contributed by atoms with E-state index in [1.54, 1.807) is 6.20 Å². The number of hydrogen-bond donors (Lipinski definition) is 2. The quantitative estimate of drug-likeness (QED) is 0.688. The fourth-order valence-electron chi connectivity index (χ4n) is 0.934. The molecule has 1 aromatic rings. The number of thiol groups is 1. The fraction of sp³-hybridized carbons (Fsp3) is 0.500. The van der Waals surface area contributed by atoms with Crippen LogP contribution in [0.5, 0.6) is 0 Å². The maximum atomic E-state index is 11.1. The number of amides is 1. The average molecular weight is 199 g/mol. The highest BCUT2D eigenvalue weighted by Crippen LogP contribution is 1.93. The average Bonchev–Trinajstić information content (AvgIpc) is 2.48. The first-order valence-electron chi connectivity index (χ1n) is 4.08. The van der Waals surface area contributed by atoms with Gasteiger partial charge in [0.15, 0.2) is 0 Å². The van der Waals surface area contributed by atoms with E-state index in [2.05, 4.69) is 22.9 Å². The van der Waals surface area contributed by atoms with Gasteiger partial charge in [-0.15, -0.1) is 0 Å². The van der Waals surface area contributed by atoms with Crippen LogP contribution in [0.25, 0.3) is 0 Å². The van der Waals surface area contributed by atoms with Gasteiger partial charge in [-0.3, -0.25) is 4.79 Å². The molecule has 4 nitrogen and oxygen atoms in total. The number of aryl methyl sites for hydroxylation is 1. The fourth-order valence-corrected chi connectivity index (χ4v) is 1.14. The van der Waals surface area contributed by atoms with Crippen LogP contribution in [-0.2, 0) is 18.4 Å². The summed E-state index contributed by atoms with van der Waals surface area (Å²) >= 11 is 3.97. The molecule has 0 radical (unpaired) electrons. The number of carbonyl (C=O) groups is 1. The number of carbonyl (C=O) groups excluding carboxylic acids is 1. The Hall–Kier alpha value is -0.970. The smallest absolute Gasteiger partial charge is 0.221 e. The zero-order valence-corrected chi connectivity index (χ0v) is 8.42. The van der Waals surface area contributed by atoms with Crippen LogP contribution >= 0.6 is 12.6 Å². The van der Waals surface area contributed by atoms with Gasteiger partial charge in [0.05, 0.1) is 6.54 Å². The molecule has 1 amide bonds. The van der Waals surface area contributed by atoms with Crippen molar-refractivity contribution < 1.29 is 4.79 Å². The van der Waals surface area contributed by atoms with E-state index in [0.29, 0.717) is 18.7 Å². The first-order chi connectivity index (χ1) is 6.24. The van der Waals surface area contributed by atoms with Gasteiger partial charge >= 0.3 is 0 Å². The number of aromatic nitrogens is 2. The molecule has 0 saturated carbocycles. The molecular weight excluding hydrogens is 186 g/mol. The molecule has 72 valence electrons. The summed E-state index contributed by atoms with van der Waals surface area (Å²) < 4.78 is 1.88. The lowest BCUT2D eigenvalue weighted by Gasteiger charge is -2.03. The molecule has 0 fully saturated rings. The molecule has 1 N–H and O–H groups in total. The SMILES string of the molecule is Cn1ccnc1CNC(=O)CCS. The summed E-state index contributed by atoms with van der Waals surface area (Å²) in [6.45, 7) is 0.482. The Balaban J connectivity index is 2.35. The molecule has 0 bridgehead atoms. The molecule has 0 atom stereocenters. The Morgan fingerprint density at radius 3 is 3.08 bits per heavy atom. The third kappa shape index (κ3) is 3.10. The minimum atomic E-state index is 0.0120. The van der Waals surface area contributed by atoms with Crippen molar-refractivity contribution >= 4 is 18.5 Å². The van der Waals surface area contributed by atoms with E-state index in [9.17, 15) is 4.79 Å². The van der Waals surface area contributed by atoms with Gasteiger partial charge in [0, 0.05) is 25.9 Å². The van der Waals surface area contributed by atoms with Gasteiger partial charge in [-0.2, -0.15) is 12.6 Å². The van der Waals surface area contributed by atoms with Crippen LogP contribution in [0, 0.1) is 0 Å². The monoisotopic (exact) mass is 199 g/mol. The Morgan fingerprint density at radius 2 is 2.54 bits per heavy atom. The van der Waals surface area contributed by atoms with Crippen LogP contribution in [0.3, 0.4) is 0 Å². The Morgan fingerprint density at radius 1 is 1.77 bits per heavy atom. The van der Waals surface area contributed by atoms with Crippen LogP contribution in [0.2, 0.25) is 0 Å². The van der Waals surface area contributed by atoms with Crippen LogP contribution < -0.4 is 5.32 Å².